The Bertz CT molecular complexity index is 590. The molecule has 3 rings (SSSR count). The van der Waals surface area contributed by atoms with Crippen LogP contribution in [0.4, 0.5) is 0 Å². The maximum atomic E-state index is 12.6. The van der Waals surface area contributed by atoms with Gasteiger partial charge in [0.25, 0.3) is 5.91 Å². The van der Waals surface area contributed by atoms with E-state index in [1.807, 2.05) is 29.2 Å². The van der Waals surface area contributed by atoms with Gasteiger partial charge in [0, 0.05) is 18.7 Å². The molecule has 2 heterocycles. The first-order chi connectivity index (χ1) is 10.7. The third kappa shape index (κ3) is 2.81. The number of nitrogens with zero attached hydrogens (tertiary/aromatic N) is 1. The van der Waals surface area contributed by atoms with E-state index >= 15 is 0 Å². The SMILES string of the molecule is COc1cccc2c1OCC(C(=O)N1CCC(CN)CC1)=C2. The second-order valence-corrected chi connectivity index (χ2v) is 5.81. The summed E-state index contributed by atoms with van der Waals surface area (Å²) in [5.41, 5.74) is 7.30. The van der Waals surface area contributed by atoms with Crippen molar-refractivity contribution in [1.29, 1.82) is 0 Å². The van der Waals surface area contributed by atoms with Crippen molar-refractivity contribution in [1.82, 2.24) is 4.90 Å². The molecule has 22 heavy (non-hydrogen) atoms. The fraction of sp³-hybridized carbons (Fsp3) is 0.471. The van der Waals surface area contributed by atoms with Gasteiger partial charge in [-0.1, -0.05) is 12.1 Å². The van der Waals surface area contributed by atoms with Gasteiger partial charge in [-0.15, -0.1) is 0 Å². The number of carbonyl (C=O) groups is 1. The van der Waals surface area contributed by atoms with Crippen LogP contribution in [0.1, 0.15) is 18.4 Å². The highest BCUT2D eigenvalue weighted by molar-refractivity contribution is 5.99. The predicted octanol–water partition coefficient (Wildman–Crippen LogP) is 1.67. The highest BCUT2D eigenvalue weighted by Crippen LogP contribution is 2.35. The number of fused-ring (bicyclic) bond motifs is 1. The van der Waals surface area contributed by atoms with Gasteiger partial charge in [0.1, 0.15) is 6.61 Å². The number of nitrogens with two attached hydrogens (primary N) is 1. The summed E-state index contributed by atoms with van der Waals surface area (Å²) in [6, 6.07) is 5.69. The van der Waals surface area contributed by atoms with E-state index in [9.17, 15) is 4.79 Å². The number of likely N-dealkylation sites (tertiary alicyclic amines) is 1. The number of piperidine rings is 1. The van der Waals surface area contributed by atoms with Gasteiger partial charge in [0.2, 0.25) is 0 Å². The molecule has 0 bridgehead atoms. The summed E-state index contributed by atoms with van der Waals surface area (Å²) in [5.74, 6) is 2.03. The lowest BCUT2D eigenvalue weighted by molar-refractivity contribution is -0.128. The minimum absolute atomic E-state index is 0.0731. The highest BCUT2D eigenvalue weighted by Gasteiger charge is 2.27. The van der Waals surface area contributed by atoms with Gasteiger partial charge >= 0.3 is 0 Å². The number of amides is 1. The van der Waals surface area contributed by atoms with Crippen LogP contribution in [0, 0.1) is 5.92 Å². The molecule has 118 valence electrons. The van der Waals surface area contributed by atoms with Crippen LogP contribution >= 0.6 is 0 Å². The van der Waals surface area contributed by atoms with Gasteiger partial charge < -0.3 is 20.1 Å². The summed E-state index contributed by atoms with van der Waals surface area (Å²) in [6.07, 6.45) is 3.89. The molecule has 2 aliphatic heterocycles. The Hall–Kier alpha value is -2.01. The van der Waals surface area contributed by atoms with Crippen LogP contribution in [0.3, 0.4) is 0 Å². The number of ether oxygens (including phenoxy) is 2. The van der Waals surface area contributed by atoms with Crippen molar-refractivity contribution in [2.45, 2.75) is 12.8 Å². The van der Waals surface area contributed by atoms with E-state index in [-0.39, 0.29) is 5.91 Å². The number of hydrogen-bond donors (Lipinski definition) is 1. The van der Waals surface area contributed by atoms with Crippen LogP contribution in [0.25, 0.3) is 6.08 Å². The molecule has 0 atom stereocenters. The minimum Gasteiger partial charge on any atom is -0.493 e. The standard InChI is InChI=1S/C17H22N2O3/c1-21-15-4-2-3-13-9-14(11-22-16(13)15)17(20)19-7-5-12(10-18)6-8-19/h2-4,9,12H,5-8,10-11,18H2,1H3. The first-order valence-electron chi connectivity index (χ1n) is 7.72. The van der Waals surface area contributed by atoms with Gasteiger partial charge in [-0.3, -0.25) is 4.79 Å². The number of hydrogen-bond acceptors (Lipinski definition) is 4. The Morgan fingerprint density at radius 3 is 2.86 bits per heavy atom. The van der Waals surface area contributed by atoms with Crippen LogP contribution in [0.15, 0.2) is 23.8 Å². The number of benzene rings is 1. The normalized spacial score (nSPS) is 18.3. The van der Waals surface area contributed by atoms with Crippen molar-refractivity contribution in [2.75, 3.05) is 33.4 Å². The van der Waals surface area contributed by atoms with Crippen molar-refractivity contribution in [2.24, 2.45) is 11.7 Å². The van der Waals surface area contributed by atoms with Crippen LogP contribution in [-0.4, -0.2) is 44.2 Å². The molecule has 0 unspecified atom stereocenters. The Morgan fingerprint density at radius 1 is 1.41 bits per heavy atom. The smallest absolute Gasteiger partial charge is 0.253 e. The molecule has 1 saturated heterocycles. The predicted molar refractivity (Wildman–Crippen MR) is 84.8 cm³/mol. The Balaban J connectivity index is 1.75. The molecule has 0 aliphatic carbocycles. The van der Waals surface area contributed by atoms with Gasteiger partial charge in [-0.05, 0) is 37.4 Å². The second kappa shape index (κ2) is 6.40. The van der Waals surface area contributed by atoms with E-state index in [1.54, 1.807) is 7.11 Å². The summed E-state index contributed by atoms with van der Waals surface area (Å²) in [4.78, 5) is 14.5. The van der Waals surface area contributed by atoms with Crippen molar-refractivity contribution in [3.8, 4) is 11.5 Å². The zero-order valence-electron chi connectivity index (χ0n) is 12.9. The quantitative estimate of drug-likeness (QED) is 0.922. The number of methoxy groups -OCH3 is 1. The summed E-state index contributed by atoms with van der Waals surface area (Å²) >= 11 is 0. The van der Waals surface area contributed by atoms with Crippen LogP contribution in [0.5, 0.6) is 11.5 Å². The summed E-state index contributed by atoms with van der Waals surface area (Å²) < 4.78 is 11.0. The van der Waals surface area contributed by atoms with Crippen molar-refractivity contribution >= 4 is 12.0 Å². The molecule has 5 nitrogen and oxygen atoms in total. The Kier molecular flexibility index (Phi) is 4.34. The van der Waals surface area contributed by atoms with Gasteiger partial charge in [-0.25, -0.2) is 0 Å². The molecule has 2 N–H and O–H groups in total. The van der Waals surface area contributed by atoms with E-state index in [2.05, 4.69) is 0 Å². The van der Waals surface area contributed by atoms with E-state index in [1.165, 1.54) is 0 Å². The lowest BCUT2D eigenvalue weighted by atomic mass is 9.96. The van der Waals surface area contributed by atoms with Crippen LogP contribution in [0.2, 0.25) is 0 Å². The maximum Gasteiger partial charge on any atom is 0.253 e. The molecule has 0 saturated carbocycles. The molecule has 2 aliphatic rings. The zero-order valence-corrected chi connectivity index (χ0v) is 12.9. The fourth-order valence-electron chi connectivity index (χ4n) is 3.04. The lowest BCUT2D eigenvalue weighted by Gasteiger charge is -2.32. The highest BCUT2D eigenvalue weighted by atomic mass is 16.5. The summed E-state index contributed by atoms with van der Waals surface area (Å²) in [7, 11) is 1.62. The number of rotatable bonds is 3. The van der Waals surface area contributed by atoms with Gasteiger partial charge in [0.15, 0.2) is 11.5 Å². The molecule has 5 heteroatoms. The van der Waals surface area contributed by atoms with E-state index in [4.69, 9.17) is 15.2 Å². The summed E-state index contributed by atoms with van der Waals surface area (Å²) in [6.45, 7) is 2.57. The summed E-state index contributed by atoms with van der Waals surface area (Å²) in [5, 5.41) is 0. The molecule has 0 radical (unpaired) electrons. The molecule has 1 fully saturated rings. The third-order valence-corrected chi connectivity index (χ3v) is 4.44. The molecular weight excluding hydrogens is 280 g/mol. The average Bonchev–Trinajstić information content (AvgIpc) is 2.60. The van der Waals surface area contributed by atoms with Gasteiger partial charge in [-0.2, -0.15) is 0 Å². The van der Waals surface area contributed by atoms with Crippen LogP contribution in [-0.2, 0) is 4.79 Å². The largest absolute Gasteiger partial charge is 0.493 e. The molecule has 0 aromatic heterocycles. The molecule has 0 spiro atoms. The third-order valence-electron chi connectivity index (χ3n) is 4.44. The van der Waals surface area contributed by atoms with Crippen molar-refractivity contribution < 1.29 is 14.3 Å². The topological polar surface area (TPSA) is 64.8 Å². The first kappa shape index (κ1) is 14.9. The zero-order chi connectivity index (χ0) is 15.5. The van der Waals surface area contributed by atoms with E-state index in [0.717, 1.165) is 31.5 Å². The number of para-hydroxylation sites is 1. The maximum absolute atomic E-state index is 12.6. The van der Waals surface area contributed by atoms with Crippen LogP contribution < -0.4 is 15.2 Å². The molecule has 1 aromatic carbocycles. The van der Waals surface area contributed by atoms with Gasteiger partial charge in [0.05, 0.1) is 12.7 Å². The van der Waals surface area contributed by atoms with E-state index in [0.29, 0.717) is 36.1 Å². The van der Waals surface area contributed by atoms with Crippen molar-refractivity contribution in [3.05, 3.63) is 29.3 Å². The fourth-order valence-corrected chi connectivity index (χ4v) is 3.04. The number of carbonyl (C=O) groups excluding carboxylic acids is 1. The first-order valence-corrected chi connectivity index (χ1v) is 7.72. The molecule has 1 aromatic rings. The lowest BCUT2D eigenvalue weighted by Crippen LogP contribution is -2.41. The Morgan fingerprint density at radius 2 is 2.18 bits per heavy atom. The monoisotopic (exact) mass is 302 g/mol. The minimum atomic E-state index is 0.0731. The second-order valence-electron chi connectivity index (χ2n) is 5.81. The van der Waals surface area contributed by atoms with E-state index < -0.39 is 0 Å². The molecular formula is C17H22N2O3. The average molecular weight is 302 g/mol. The Labute approximate surface area is 130 Å². The molecule has 1 amide bonds. The van der Waals surface area contributed by atoms with Crippen molar-refractivity contribution in [3.63, 3.8) is 0 Å².